The number of aliphatic carboxylic acids is 1. The van der Waals surface area contributed by atoms with Crippen LogP contribution in [0, 0.1) is 5.92 Å². The molecule has 2 rings (SSSR count). The van der Waals surface area contributed by atoms with Crippen LogP contribution >= 0.6 is 0 Å². The summed E-state index contributed by atoms with van der Waals surface area (Å²) in [5.41, 5.74) is -3.54. The molecule has 0 radical (unpaired) electrons. The van der Waals surface area contributed by atoms with E-state index in [1.165, 1.54) is 0 Å². The quantitative estimate of drug-likeness (QED) is 0.706. The van der Waals surface area contributed by atoms with Crippen molar-refractivity contribution in [2.45, 2.75) is 56.9 Å². The molecule has 1 saturated carbocycles. The molecule has 10 heteroatoms. The molecule has 0 aliphatic heterocycles. The fraction of sp³-hybridized carbons (Fsp3) is 0.556. The number of halogens is 6. The molecule has 1 aliphatic carbocycles. The normalized spacial score (nSPS) is 17.2. The van der Waals surface area contributed by atoms with Gasteiger partial charge in [-0.1, -0.05) is 19.3 Å². The summed E-state index contributed by atoms with van der Waals surface area (Å²) in [6, 6.07) is -0.319. The molecule has 1 aromatic carbocycles. The van der Waals surface area contributed by atoms with Crippen LogP contribution in [0.25, 0.3) is 0 Å². The molecule has 2 N–H and O–H groups in total. The van der Waals surface area contributed by atoms with E-state index in [0.717, 1.165) is 19.3 Å². The minimum Gasteiger partial charge on any atom is -0.480 e. The zero-order chi connectivity index (χ0) is 21.1. The molecule has 0 bridgehead atoms. The second-order valence-corrected chi connectivity index (χ2v) is 6.87. The Kier molecular flexibility index (Phi) is 6.61. The van der Waals surface area contributed by atoms with E-state index in [2.05, 4.69) is 5.32 Å². The van der Waals surface area contributed by atoms with E-state index >= 15 is 0 Å². The number of hydrogen-bond donors (Lipinski definition) is 2. The summed E-state index contributed by atoms with van der Waals surface area (Å²) < 4.78 is 77.3. The third-order valence-electron chi connectivity index (χ3n) is 4.72. The van der Waals surface area contributed by atoms with Gasteiger partial charge in [-0.15, -0.1) is 0 Å². The average molecular weight is 411 g/mol. The van der Waals surface area contributed by atoms with Crippen LogP contribution in [-0.2, 0) is 28.4 Å². The summed E-state index contributed by atoms with van der Waals surface area (Å²) in [4.78, 5) is 23.6. The van der Waals surface area contributed by atoms with Gasteiger partial charge in [0, 0.05) is 0 Å². The number of carbonyl (C=O) groups is 2. The molecule has 0 unspecified atom stereocenters. The standard InChI is InChI=1S/C18H19F6NO3/c19-17(20,21)12-6-10(7-13(9-12)18(22,23)24)8-14(26)25-15(16(27)28)11-4-2-1-3-5-11/h6-7,9,11,15H,1-5,8H2,(H,25,26)(H,27,28)/t15-/m1/s1. The van der Waals surface area contributed by atoms with E-state index in [9.17, 15) is 41.0 Å². The fourth-order valence-corrected chi connectivity index (χ4v) is 3.38. The Morgan fingerprint density at radius 3 is 1.89 bits per heavy atom. The van der Waals surface area contributed by atoms with E-state index in [1.807, 2.05) is 0 Å². The molecule has 0 spiro atoms. The van der Waals surface area contributed by atoms with Gasteiger partial charge in [-0.25, -0.2) is 4.79 Å². The Hall–Kier alpha value is -2.26. The molecule has 28 heavy (non-hydrogen) atoms. The van der Waals surface area contributed by atoms with Crippen molar-refractivity contribution >= 4 is 11.9 Å². The summed E-state index contributed by atoms with van der Waals surface area (Å²) >= 11 is 0. The van der Waals surface area contributed by atoms with Gasteiger partial charge in [0.05, 0.1) is 17.5 Å². The number of rotatable bonds is 5. The second kappa shape index (κ2) is 8.40. The molecule has 0 heterocycles. The first-order valence-electron chi connectivity index (χ1n) is 8.68. The summed E-state index contributed by atoms with van der Waals surface area (Å²) in [5.74, 6) is -2.53. The predicted molar refractivity (Wildman–Crippen MR) is 86.3 cm³/mol. The molecule has 0 aromatic heterocycles. The smallest absolute Gasteiger partial charge is 0.416 e. The van der Waals surface area contributed by atoms with E-state index in [4.69, 9.17) is 0 Å². The summed E-state index contributed by atoms with van der Waals surface area (Å²) in [7, 11) is 0. The van der Waals surface area contributed by atoms with Crippen molar-refractivity contribution in [2.24, 2.45) is 5.92 Å². The lowest BCUT2D eigenvalue weighted by Crippen LogP contribution is -2.47. The lowest BCUT2D eigenvalue weighted by molar-refractivity contribution is -0.144. The van der Waals surface area contributed by atoms with Gasteiger partial charge < -0.3 is 10.4 Å². The highest BCUT2D eigenvalue weighted by molar-refractivity contribution is 5.85. The second-order valence-electron chi connectivity index (χ2n) is 6.87. The average Bonchev–Trinajstić information content (AvgIpc) is 2.58. The van der Waals surface area contributed by atoms with Gasteiger partial charge in [-0.2, -0.15) is 26.3 Å². The Bertz CT molecular complexity index is 691. The Labute approximate surface area is 156 Å². The number of carboxylic acid groups (broad SMARTS) is 1. The van der Waals surface area contributed by atoms with Crippen LogP contribution in [0.5, 0.6) is 0 Å². The van der Waals surface area contributed by atoms with Gasteiger partial charge in [-0.05, 0) is 42.5 Å². The van der Waals surface area contributed by atoms with Crippen molar-refractivity contribution in [3.05, 3.63) is 34.9 Å². The molecular weight excluding hydrogens is 392 g/mol. The van der Waals surface area contributed by atoms with Gasteiger partial charge in [0.25, 0.3) is 0 Å². The van der Waals surface area contributed by atoms with Gasteiger partial charge in [-0.3, -0.25) is 4.79 Å². The first-order valence-corrected chi connectivity index (χ1v) is 8.68. The molecule has 1 aliphatic rings. The number of amides is 1. The highest BCUT2D eigenvalue weighted by atomic mass is 19.4. The third-order valence-corrected chi connectivity index (χ3v) is 4.72. The lowest BCUT2D eigenvalue weighted by Gasteiger charge is -2.28. The number of alkyl halides is 6. The van der Waals surface area contributed by atoms with Crippen molar-refractivity contribution in [2.75, 3.05) is 0 Å². The van der Waals surface area contributed by atoms with E-state index < -0.39 is 53.4 Å². The van der Waals surface area contributed by atoms with Crippen LogP contribution in [0.1, 0.15) is 48.8 Å². The maximum atomic E-state index is 12.9. The van der Waals surface area contributed by atoms with Crippen molar-refractivity contribution in [1.29, 1.82) is 0 Å². The van der Waals surface area contributed by atoms with Crippen molar-refractivity contribution in [3.8, 4) is 0 Å². The van der Waals surface area contributed by atoms with Crippen molar-refractivity contribution < 1.29 is 41.0 Å². The SMILES string of the molecule is O=C(Cc1cc(C(F)(F)F)cc(C(F)(F)F)c1)N[C@@H](C(=O)O)C1CCCCC1. The van der Waals surface area contributed by atoms with Crippen LogP contribution in [0.4, 0.5) is 26.3 Å². The van der Waals surface area contributed by atoms with Gasteiger partial charge >= 0.3 is 18.3 Å². The highest BCUT2D eigenvalue weighted by Gasteiger charge is 2.37. The Morgan fingerprint density at radius 2 is 1.46 bits per heavy atom. The first kappa shape index (κ1) is 22.0. The van der Waals surface area contributed by atoms with Crippen molar-refractivity contribution in [3.63, 3.8) is 0 Å². The molecule has 1 atom stereocenters. The molecule has 1 fully saturated rings. The number of carbonyl (C=O) groups excluding carboxylic acids is 1. The maximum absolute atomic E-state index is 12.9. The van der Waals surface area contributed by atoms with Crippen LogP contribution in [0.15, 0.2) is 18.2 Å². The molecule has 1 aromatic rings. The minimum atomic E-state index is -5.02. The summed E-state index contributed by atoms with van der Waals surface area (Å²) in [6.07, 6.45) is -7.11. The third kappa shape index (κ3) is 5.87. The topological polar surface area (TPSA) is 66.4 Å². The molecule has 156 valence electrons. The molecular formula is C18H19F6NO3. The lowest BCUT2D eigenvalue weighted by atomic mass is 9.84. The molecule has 4 nitrogen and oxygen atoms in total. The Balaban J connectivity index is 2.20. The van der Waals surface area contributed by atoms with E-state index in [0.29, 0.717) is 25.0 Å². The van der Waals surface area contributed by atoms with E-state index in [1.54, 1.807) is 0 Å². The molecule has 1 amide bonds. The van der Waals surface area contributed by atoms with E-state index in [-0.39, 0.29) is 12.0 Å². The number of benzene rings is 1. The monoisotopic (exact) mass is 411 g/mol. The minimum absolute atomic E-state index is 0.0243. The zero-order valence-corrected chi connectivity index (χ0v) is 14.7. The number of carboxylic acids is 1. The van der Waals surface area contributed by atoms with Crippen LogP contribution in [-0.4, -0.2) is 23.0 Å². The number of hydrogen-bond acceptors (Lipinski definition) is 2. The maximum Gasteiger partial charge on any atom is 0.416 e. The largest absolute Gasteiger partial charge is 0.480 e. The summed E-state index contributed by atoms with van der Waals surface area (Å²) in [5, 5.41) is 11.6. The van der Waals surface area contributed by atoms with Crippen LogP contribution in [0.2, 0.25) is 0 Å². The van der Waals surface area contributed by atoms with Crippen LogP contribution in [0.3, 0.4) is 0 Å². The van der Waals surface area contributed by atoms with Gasteiger partial charge in [0.15, 0.2) is 0 Å². The predicted octanol–water partition coefficient (Wildman–Crippen LogP) is 4.42. The highest BCUT2D eigenvalue weighted by Crippen LogP contribution is 2.36. The van der Waals surface area contributed by atoms with Crippen LogP contribution < -0.4 is 5.32 Å². The number of nitrogens with one attached hydrogen (secondary N) is 1. The first-order chi connectivity index (χ1) is 12.9. The zero-order valence-electron chi connectivity index (χ0n) is 14.7. The summed E-state index contributed by atoms with van der Waals surface area (Å²) in [6.45, 7) is 0. The van der Waals surface area contributed by atoms with Crippen molar-refractivity contribution in [1.82, 2.24) is 5.32 Å². The van der Waals surface area contributed by atoms with Gasteiger partial charge in [0.2, 0.25) is 5.91 Å². The fourth-order valence-electron chi connectivity index (χ4n) is 3.38. The molecule has 0 saturated heterocycles. The Morgan fingerprint density at radius 1 is 0.964 bits per heavy atom. The van der Waals surface area contributed by atoms with Gasteiger partial charge in [0.1, 0.15) is 6.04 Å².